The second-order valence-electron chi connectivity index (χ2n) is 8.86. The lowest BCUT2D eigenvalue weighted by Gasteiger charge is -2.29. The van der Waals surface area contributed by atoms with Gasteiger partial charge in [0.1, 0.15) is 11.4 Å². The van der Waals surface area contributed by atoms with Gasteiger partial charge in [-0.2, -0.15) is 0 Å². The zero-order chi connectivity index (χ0) is 22.4. The smallest absolute Gasteiger partial charge is 0.407 e. The molecular formula is C22H35FIN5O3. The summed E-state index contributed by atoms with van der Waals surface area (Å²) in [6, 6.07) is 5.34. The van der Waals surface area contributed by atoms with Crippen molar-refractivity contribution in [2.24, 2.45) is 4.99 Å². The molecule has 8 nitrogen and oxygen atoms in total. The van der Waals surface area contributed by atoms with Crippen molar-refractivity contribution < 1.29 is 18.7 Å². The fourth-order valence-electron chi connectivity index (χ4n) is 3.78. The molecular weight excluding hydrogens is 528 g/mol. The zero-order valence-electron chi connectivity index (χ0n) is 19.3. The lowest BCUT2D eigenvalue weighted by Crippen LogP contribution is -2.44. The van der Waals surface area contributed by atoms with Crippen LogP contribution in [-0.4, -0.2) is 75.0 Å². The molecule has 1 unspecified atom stereocenters. The van der Waals surface area contributed by atoms with Crippen molar-refractivity contribution in [1.82, 2.24) is 15.5 Å². The summed E-state index contributed by atoms with van der Waals surface area (Å²) in [5, 5.41) is 6.21. The van der Waals surface area contributed by atoms with Crippen molar-refractivity contribution in [2.45, 2.75) is 45.4 Å². The summed E-state index contributed by atoms with van der Waals surface area (Å²) in [5.74, 6) is 0.505. The molecule has 2 aliphatic heterocycles. The summed E-state index contributed by atoms with van der Waals surface area (Å²) < 4.78 is 25.3. The number of hydrogen-bond donors (Lipinski definition) is 2. The second-order valence-corrected chi connectivity index (χ2v) is 8.86. The van der Waals surface area contributed by atoms with Gasteiger partial charge in [0.15, 0.2) is 5.96 Å². The summed E-state index contributed by atoms with van der Waals surface area (Å²) >= 11 is 0. The Morgan fingerprint density at radius 2 is 2.00 bits per heavy atom. The Labute approximate surface area is 206 Å². The van der Waals surface area contributed by atoms with Gasteiger partial charge < -0.3 is 29.9 Å². The Morgan fingerprint density at radius 3 is 2.62 bits per heavy atom. The molecule has 0 aliphatic carbocycles. The Hall–Kier alpha value is -1.82. The van der Waals surface area contributed by atoms with Gasteiger partial charge in [-0.25, -0.2) is 9.18 Å². The highest BCUT2D eigenvalue weighted by Crippen LogP contribution is 2.21. The van der Waals surface area contributed by atoms with Gasteiger partial charge in [-0.1, -0.05) is 6.07 Å². The highest BCUT2D eigenvalue weighted by atomic mass is 127. The molecule has 32 heavy (non-hydrogen) atoms. The monoisotopic (exact) mass is 563 g/mol. The van der Waals surface area contributed by atoms with Crippen molar-refractivity contribution in [1.29, 1.82) is 0 Å². The van der Waals surface area contributed by atoms with Crippen molar-refractivity contribution in [3.63, 3.8) is 0 Å². The molecule has 1 amide bonds. The maximum Gasteiger partial charge on any atom is 0.407 e. The third-order valence-electron chi connectivity index (χ3n) is 5.23. The topological polar surface area (TPSA) is 78.4 Å². The first-order valence-corrected chi connectivity index (χ1v) is 10.8. The molecule has 0 radical (unpaired) electrons. The van der Waals surface area contributed by atoms with Gasteiger partial charge >= 0.3 is 6.09 Å². The number of hydrogen-bond acceptors (Lipinski definition) is 5. The van der Waals surface area contributed by atoms with Crippen LogP contribution in [0.15, 0.2) is 23.2 Å². The van der Waals surface area contributed by atoms with Crippen LogP contribution in [-0.2, 0) is 16.0 Å². The first-order valence-electron chi connectivity index (χ1n) is 10.8. The summed E-state index contributed by atoms with van der Waals surface area (Å²) in [5.41, 5.74) is 0.942. The van der Waals surface area contributed by atoms with E-state index in [0.717, 1.165) is 24.5 Å². The van der Waals surface area contributed by atoms with Crippen LogP contribution in [0.2, 0.25) is 0 Å². The average molecular weight is 563 g/mol. The molecule has 1 atom stereocenters. The van der Waals surface area contributed by atoms with Crippen LogP contribution in [0, 0.1) is 5.82 Å². The molecule has 0 aromatic heterocycles. The lowest BCUT2D eigenvalue weighted by atomic mass is 10.1. The molecule has 1 aromatic carbocycles. The number of halogens is 2. The summed E-state index contributed by atoms with van der Waals surface area (Å²) in [7, 11) is 1.72. The molecule has 10 heteroatoms. The van der Waals surface area contributed by atoms with E-state index in [9.17, 15) is 9.18 Å². The molecule has 0 saturated carbocycles. The first-order chi connectivity index (χ1) is 14.7. The fourth-order valence-corrected chi connectivity index (χ4v) is 3.78. The van der Waals surface area contributed by atoms with E-state index < -0.39 is 11.7 Å². The molecule has 2 N–H and O–H groups in total. The maximum absolute atomic E-state index is 14.6. The third kappa shape index (κ3) is 7.65. The minimum absolute atomic E-state index is 0. The number of ether oxygens (including phenoxy) is 2. The molecule has 2 fully saturated rings. The molecule has 0 bridgehead atoms. The van der Waals surface area contributed by atoms with E-state index in [1.54, 1.807) is 13.1 Å². The van der Waals surface area contributed by atoms with Gasteiger partial charge in [0.25, 0.3) is 0 Å². The standard InChI is InChI=1S/C22H34FN5O3.HI/c1-22(2,3)31-21(29)26-17-7-8-28(15-17)20(24-4)25-14-16-5-6-19(18(23)13-16)27-9-11-30-12-10-27;/h5-6,13,17H,7-12,14-15H2,1-4H3,(H,24,25)(H,26,29);1H. The van der Waals surface area contributed by atoms with E-state index >= 15 is 0 Å². The van der Waals surface area contributed by atoms with E-state index in [2.05, 4.69) is 20.5 Å². The van der Waals surface area contributed by atoms with E-state index in [1.807, 2.05) is 37.8 Å². The number of rotatable bonds is 4. The van der Waals surface area contributed by atoms with Crippen molar-refractivity contribution in [3.8, 4) is 0 Å². The van der Waals surface area contributed by atoms with Gasteiger partial charge in [0, 0.05) is 39.8 Å². The first kappa shape index (κ1) is 26.4. The van der Waals surface area contributed by atoms with Crippen molar-refractivity contribution >= 4 is 41.7 Å². The number of benzene rings is 1. The zero-order valence-corrected chi connectivity index (χ0v) is 21.6. The predicted molar refractivity (Wildman–Crippen MR) is 134 cm³/mol. The van der Waals surface area contributed by atoms with E-state index in [-0.39, 0.29) is 35.8 Å². The number of amides is 1. The molecule has 2 saturated heterocycles. The van der Waals surface area contributed by atoms with Gasteiger partial charge in [-0.3, -0.25) is 4.99 Å². The number of anilines is 1. The Balaban J connectivity index is 0.00000363. The Kier molecular flexibility index (Phi) is 9.81. The van der Waals surface area contributed by atoms with Crippen LogP contribution < -0.4 is 15.5 Å². The molecule has 180 valence electrons. The quantitative estimate of drug-likeness (QED) is 0.334. The van der Waals surface area contributed by atoms with E-state index in [0.29, 0.717) is 45.1 Å². The number of carbonyl (C=O) groups is 1. The molecule has 2 aliphatic rings. The van der Waals surface area contributed by atoms with E-state index in [4.69, 9.17) is 9.47 Å². The van der Waals surface area contributed by atoms with Crippen molar-refractivity contribution in [2.75, 3.05) is 51.3 Å². The van der Waals surface area contributed by atoms with Gasteiger partial charge in [0.05, 0.1) is 24.9 Å². The Morgan fingerprint density at radius 1 is 1.28 bits per heavy atom. The number of carbonyl (C=O) groups excluding carboxylic acids is 1. The highest BCUT2D eigenvalue weighted by molar-refractivity contribution is 14.0. The predicted octanol–water partition coefficient (Wildman–Crippen LogP) is 2.95. The number of morpholine rings is 1. The second kappa shape index (κ2) is 11.9. The molecule has 1 aromatic rings. The molecule has 0 spiro atoms. The fraction of sp³-hybridized carbons (Fsp3) is 0.636. The largest absolute Gasteiger partial charge is 0.444 e. The number of nitrogens with one attached hydrogen (secondary N) is 2. The van der Waals surface area contributed by atoms with Crippen LogP contribution in [0.25, 0.3) is 0 Å². The number of aliphatic imine (C=N–C) groups is 1. The summed E-state index contributed by atoms with van der Waals surface area (Å²) in [6.07, 6.45) is 0.404. The van der Waals surface area contributed by atoms with Gasteiger partial charge in [-0.15, -0.1) is 24.0 Å². The van der Waals surface area contributed by atoms with E-state index in [1.165, 1.54) is 0 Å². The third-order valence-corrected chi connectivity index (χ3v) is 5.23. The number of guanidine groups is 1. The Bertz CT molecular complexity index is 796. The highest BCUT2D eigenvalue weighted by Gasteiger charge is 2.28. The van der Waals surface area contributed by atoms with Gasteiger partial charge in [-0.05, 0) is 44.9 Å². The van der Waals surface area contributed by atoms with Crippen molar-refractivity contribution in [3.05, 3.63) is 29.6 Å². The van der Waals surface area contributed by atoms with Crippen LogP contribution in [0.1, 0.15) is 32.8 Å². The average Bonchev–Trinajstić information content (AvgIpc) is 3.16. The summed E-state index contributed by atoms with van der Waals surface area (Å²) in [6.45, 7) is 10.1. The normalized spacial score (nSPS) is 19.4. The van der Waals surface area contributed by atoms with Crippen LogP contribution in [0.4, 0.5) is 14.9 Å². The minimum atomic E-state index is -0.521. The van der Waals surface area contributed by atoms with Crippen LogP contribution in [0.3, 0.4) is 0 Å². The molecule has 3 rings (SSSR count). The van der Waals surface area contributed by atoms with Gasteiger partial charge in [0.2, 0.25) is 0 Å². The van der Waals surface area contributed by atoms with Crippen LogP contribution in [0.5, 0.6) is 0 Å². The minimum Gasteiger partial charge on any atom is -0.444 e. The van der Waals surface area contributed by atoms with Crippen LogP contribution >= 0.6 is 24.0 Å². The molecule has 2 heterocycles. The summed E-state index contributed by atoms with van der Waals surface area (Å²) in [4.78, 5) is 20.4. The number of nitrogens with zero attached hydrogens (tertiary/aromatic N) is 3. The maximum atomic E-state index is 14.6. The lowest BCUT2D eigenvalue weighted by molar-refractivity contribution is 0.0507. The number of likely N-dealkylation sites (tertiary alicyclic amines) is 1. The SMILES string of the molecule is CN=C(NCc1ccc(N2CCOCC2)c(F)c1)N1CCC(NC(=O)OC(C)(C)C)C1.I. The number of alkyl carbamates (subject to hydrolysis) is 1.